The van der Waals surface area contributed by atoms with Crippen LogP contribution >= 0.6 is 17.0 Å². The van der Waals surface area contributed by atoms with Crippen molar-refractivity contribution in [2.75, 3.05) is 0 Å². The first kappa shape index (κ1) is 9.96. The second-order valence-electron chi connectivity index (χ2n) is 3.24. The molecule has 0 fully saturated rings. The molecule has 0 bridgehead atoms. The third kappa shape index (κ3) is 1.79. The molecule has 0 spiro atoms. The summed E-state index contributed by atoms with van der Waals surface area (Å²) in [6.07, 6.45) is 2.20. The summed E-state index contributed by atoms with van der Waals surface area (Å²) in [5.41, 5.74) is 3.96. The SMILES string of the molecule is CC1=Cc2ccccc2[CH]1[Zr]([Cl])[Cl]. The molecule has 3 heteroatoms. The van der Waals surface area contributed by atoms with Gasteiger partial charge in [-0.15, -0.1) is 0 Å². The first-order valence-electron chi connectivity index (χ1n) is 4.15. The Balaban J connectivity index is 2.49. The Bertz CT molecular complexity index is 358. The quantitative estimate of drug-likeness (QED) is 0.731. The first-order valence-corrected chi connectivity index (χ1v) is 11.9. The van der Waals surface area contributed by atoms with E-state index in [0.29, 0.717) is 3.63 Å². The van der Waals surface area contributed by atoms with E-state index in [0.717, 1.165) is 0 Å². The van der Waals surface area contributed by atoms with Crippen LogP contribution in [0.1, 0.15) is 21.7 Å². The molecule has 0 aromatic heterocycles. The van der Waals surface area contributed by atoms with Gasteiger partial charge in [0.25, 0.3) is 0 Å². The molecule has 0 heterocycles. The molecule has 1 atom stereocenters. The average molecular weight is 291 g/mol. The third-order valence-electron chi connectivity index (χ3n) is 2.36. The van der Waals surface area contributed by atoms with E-state index in [1.807, 2.05) is 0 Å². The number of benzene rings is 1. The van der Waals surface area contributed by atoms with Crippen molar-refractivity contribution < 1.29 is 19.4 Å². The standard InChI is InChI=1S/C10H9.2ClH.Zr/c1-8-6-9-4-2-3-5-10(9)7-8;;;/h2-7H,1H3;2*1H;/q;;;+2/p-2. The first-order chi connectivity index (χ1) is 6.20. The van der Waals surface area contributed by atoms with Gasteiger partial charge >= 0.3 is 94.0 Å². The molecule has 1 aliphatic carbocycles. The zero-order valence-electron chi connectivity index (χ0n) is 7.22. The second-order valence-corrected chi connectivity index (χ2v) is 12.0. The minimum absolute atomic E-state index is 0.377. The van der Waals surface area contributed by atoms with E-state index >= 15 is 0 Å². The second kappa shape index (κ2) is 3.89. The molecule has 0 saturated carbocycles. The maximum atomic E-state index is 6.13. The molecular weight excluding hydrogens is 282 g/mol. The fraction of sp³-hybridized carbons (Fsp3) is 0.200. The summed E-state index contributed by atoms with van der Waals surface area (Å²) in [4.78, 5) is 0. The van der Waals surface area contributed by atoms with Gasteiger partial charge in [0.05, 0.1) is 0 Å². The molecule has 0 aliphatic heterocycles. The molecule has 0 saturated heterocycles. The number of hydrogen-bond donors (Lipinski definition) is 0. The monoisotopic (exact) mass is 289 g/mol. The molecule has 1 aromatic rings. The van der Waals surface area contributed by atoms with Gasteiger partial charge in [-0.3, -0.25) is 0 Å². The predicted molar refractivity (Wildman–Crippen MR) is 54.5 cm³/mol. The van der Waals surface area contributed by atoms with E-state index in [1.165, 1.54) is 16.7 Å². The molecule has 1 unspecified atom stereocenters. The van der Waals surface area contributed by atoms with Crippen molar-refractivity contribution >= 4 is 23.1 Å². The molecular formula is C10H9Cl2Zr. The minimum atomic E-state index is -2.18. The van der Waals surface area contributed by atoms with Crippen LogP contribution in [0.2, 0.25) is 0 Å². The molecule has 0 radical (unpaired) electrons. The molecule has 1 aromatic carbocycles. The van der Waals surface area contributed by atoms with Crippen molar-refractivity contribution in [1.82, 2.24) is 0 Å². The van der Waals surface area contributed by atoms with E-state index in [9.17, 15) is 0 Å². The zero-order valence-corrected chi connectivity index (χ0v) is 11.2. The Morgan fingerprint density at radius 1 is 1.23 bits per heavy atom. The Hall–Kier alpha value is 0.423. The van der Waals surface area contributed by atoms with E-state index in [2.05, 4.69) is 37.3 Å². The Labute approximate surface area is 93.3 Å². The molecule has 13 heavy (non-hydrogen) atoms. The molecule has 2 rings (SSSR count). The van der Waals surface area contributed by atoms with Crippen molar-refractivity contribution in [3.05, 3.63) is 41.0 Å². The van der Waals surface area contributed by atoms with Crippen LogP contribution in [0.3, 0.4) is 0 Å². The summed E-state index contributed by atoms with van der Waals surface area (Å²) in [5.74, 6) is 0. The topological polar surface area (TPSA) is 0 Å². The van der Waals surface area contributed by atoms with E-state index in [-0.39, 0.29) is 0 Å². The molecule has 0 amide bonds. The van der Waals surface area contributed by atoms with Crippen molar-refractivity contribution in [2.45, 2.75) is 10.5 Å². The van der Waals surface area contributed by atoms with Gasteiger partial charge in [0.2, 0.25) is 0 Å². The van der Waals surface area contributed by atoms with Crippen LogP contribution in [0.25, 0.3) is 6.08 Å². The van der Waals surface area contributed by atoms with Crippen LogP contribution < -0.4 is 0 Å². The normalized spacial score (nSPS) is 19.6. The third-order valence-corrected chi connectivity index (χ3v) is 7.90. The van der Waals surface area contributed by atoms with Gasteiger partial charge in [0.15, 0.2) is 0 Å². The van der Waals surface area contributed by atoms with E-state index in [1.54, 1.807) is 0 Å². The molecule has 1 aliphatic rings. The van der Waals surface area contributed by atoms with Gasteiger partial charge in [0.1, 0.15) is 0 Å². The van der Waals surface area contributed by atoms with Gasteiger partial charge in [0, 0.05) is 0 Å². The number of fused-ring (bicyclic) bond motifs is 1. The van der Waals surface area contributed by atoms with Crippen molar-refractivity contribution in [2.24, 2.45) is 0 Å². The fourth-order valence-corrected chi connectivity index (χ4v) is 7.47. The number of allylic oxidation sites excluding steroid dienone is 1. The van der Waals surface area contributed by atoms with Crippen molar-refractivity contribution in [1.29, 1.82) is 0 Å². The van der Waals surface area contributed by atoms with Crippen LogP contribution in [-0.4, -0.2) is 0 Å². The molecule has 0 N–H and O–H groups in total. The Morgan fingerprint density at radius 2 is 1.92 bits per heavy atom. The van der Waals surface area contributed by atoms with Crippen LogP contribution in [0.4, 0.5) is 0 Å². The summed E-state index contributed by atoms with van der Waals surface area (Å²) < 4.78 is 0.377. The molecule has 67 valence electrons. The molecule has 0 nitrogen and oxygen atoms in total. The maximum absolute atomic E-state index is 6.13. The van der Waals surface area contributed by atoms with Crippen LogP contribution in [-0.2, 0) is 19.4 Å². The number of halogens is 2. The van der Waals surface area contributed by atoms with Gasteiger partial charge in [-0.25, -0.2) is 0 Å². The number of rotatable bonds is 1. The Kier molecular flexibility index (Phi) is 2.98. The Morgan fingerprint density at radius 3 is 2.62 bits per heavy atom. The fourth-order valence-electron chi connectivity index (χ4n) is 1.77. The van der Waals surface area contributed by atoms with E-state index < -0.39 is 19.4 Å². The van der Waals surface area contributed by atoms with Crippen LogP contribution in [0.15, 0.2) is 29.8 Å². The van der Waals surface area contributed by atoms with Crippen LogP contribution in [0, 0.1) is 0 Å². The van der Waals surface area contributed by atoms with Crippen LogP contribution in [0.5, 0.6) is 0 Å². The summed E-state index contributed by atoms with van der Waals surface area (Å²) in [6, 6.07) is 8.37. The summed E-state index contributed by atoms with van der Waals surface area (Å²) >= 11 is -2.18. The van der Waals surface area contributed by atoms with E-state index in [4.69, 9.17) is 17.0 Å². The van der Waals surface area contributed by atoms with Crippen molar-refractivity contribution in [3.8, 4) is 0 Å². The average Bonchev–Trinajstić information content (AvgIpc) is 2.39. The zero-order chi connectivity index (χ0) is 9.42. The van der Waals surface area contributed by atoms with Gasteiger partial charge in [-0.2, -0.15) is 0 Å². The number of hydrogen-bond acceptors (Lipinski definition) is 0. The van der Waals surface area contributed by atoms with Gasteiger partial charge in [-0.05, 0) is 0 Å². The summed E-state index contributed by atoms with van der Waals surface area (Å²) in [6.45, 7) is 2.12. The predicted octanol–water partition coefficient (Wildman–Crippen LogP) is 4.07. The van der Waals surface area contributed by atoms with Crippen molar-refractivity contribution in [3.63, 3.8) is 0 Å². The summed E-state index contributed by atoms with van der Waals surface area (Å²) in [7, 11) is 12.3. The summed E-state index contributed by atoms with van der Waals surface area (Å²) in [5, 5.41) is 0. The van der Waals surface area contributed by atoms with Gasteiger partial charge < -0.3 is 0 Å². The van der Waals surface area contributed by atoms with Gasteiger partial charge in [-0.1, -0.05) is 0 Å².